The van der Waals surface area contributed by atoms with Gasteiger partial charge in [-0.05, 0) is 42.0 Å². The SMILES string of the molecule is O=C(Cn1c(Cc2ccccc2)nc2ccccc21)Nc1ccc(Br)cc1. The van der Waals surface area contributed by atoms with Crippen LogP contribution in [-0.4, -0.2) is 15.5 Å². The molecule has 134 valence electrons. The number of carbonyl (C=O) groups is 1. The van der Waals surface area contributed by atoms with Gasteiger partial charge in [0.05, 0.1) is 11.0 Å². The minimum atomic E-state index is -0.0743. The summed E-state index contributed by atoms with van der Waals surface area (Å²) in [5.41, 5.74) is 3.81. The van der Waals surface area contributed by atoms with E-state index >= 15 is 0 Å². The second-order valence-corrected chi connectivity index (χ2v) is 7.24. The standard InChI is InChI=1S/C22H18BrN3O/c23-17-10-12-18(13-11-17)24-22(27)15-26-20-9-5-4-8-19(20)25-21(26)14-16-6-2-1-3-7-16/h1-13H,14-15H2,(H,24,27). The van der Waals surface area contributed by atoms with Crippen LogP contribution >= 0.6 is 15.9 Å². The molecule has 4 aromatic rings. The van der Waals surface area contributed by atoms with Crippen molar-refractivity contribution in [1.82, 2.24) is 9.55 Å². The van der Waals surface area contributed by atoms with Gasteiger partial charge in [0.2, 0.25) is 5.91 Å². The highest BCUT2D eigenvalue weighted by atomic mass is 79.9. The van der Waals surface area contributed by atoms with Crippen molar-refractivity contribution in [3.05, 3.63) is 94.7 Å². The first kappa shape index (κ1) is 17.5. The van der Waals surface area contributed by atoms with Crippen LogP contribution in [0.3, 0.4) is 0 Å². The number of nitrogens with one attached hydrogen (secondary N) is 1. The summed E-state index contributed by atoms with van der Waals surface area (Å²) < 4.78 is 2.97. The summed E-state index contributed by atoms with van der Waals surface area (Å²) in [4.78, 5) is 17.4. The molecule has 0 saturated carbocycles. The minimum absolute atomic E-state index is 0.0743. The van der Waals surface area contributed by atoms with Gasteiger partial charge in [-0.3, -0.25) is 4.79 Å². The number of fused-ring (bicyclic) bond motifs is 1. The van der Waals surface area contributed by atoms with Crippen LogP contribution in [0.2, 0.25) is 0 Å². The number of para-hydroxylation sites is 2. The highest BCUT2D eigenvalue weighted by Gasteiger charge is 2.14. The van der Waals surface area contributed by atoms with E-state index in [1.807, 2.05) is 71.3 Å². The third kappa shape index (κ3) is 4.09. The number of rotatable bonds is 5. The van der Waals surface area contributed by atoms with Gasteiger partial charge in [0.15, 0.2) is 0 Å². The number of benzene rings is 3. The fourth-order valence-corrected chi connectivity index (χ4v) is 3.36. The van der Waals surface area contributed by atoms with E-state index in [1.165, 1.54) is 5.56 Å². The Balaban J connectivity index is 1.62. The van der Waals surface area contributed by atoms with Crippen LogP contribution in [0.1, 0.15) is 11.4 Å². The molecule has 0 atom stereocenters. The van der Waals surface area contributed by atoms with Crippen molar-refractivity contribution in [3.8, 4) is 0 Å². The van der Waals surface area contributed by atoms with Crippen molar-refractivity contribution in [3.63, 3.8) is 0 Å². The quantitative estimate of drug-likeness (QED) is 0.493. The van der Waals surface area contributed by atoms with Crippen LogP contribution < -0.4 is 5.32 Å². The molecule has 0 saturated heterocycles. The maximum atomic E-state index is 12.6. The molecule has 4 nitrogen and oxygen atoms in total. The molecule has 27 heavy (non-hydrogen) atoms. The number of hydrogen-bond acceptors (Lipinski definition) is 2. The van der Waals surface area contributed by atoms with Crippen molar-refractivity contribution < 1.29 is 4.79 Å². The molecule has 0 aliphatic carbocycles. The molecule has 4 rings (SSSR count). The lowest BCUT2D eigenvalue weighted by atomic mass is 10.1. The summed E-state index contributed by atoms with van der Waals surface area (Å²) >= 11 is 3.40. The Bertz CT molecular complexity index is 1070. The van der Waals surface area contributed by atoms with Gasteiger partial charge in [-0.1, -0.05) is 58.4 Å². The van der Waals surface area contributed by atoms with Gasteiger partial charge in [-0.15, -0.1) is 0 Å². The molecule has 1 heterocycles. The lowest BCUT2D eigenvalue weighted by Crippen LogP contribution is -2.20. The summed E-state index contributed by atoms with van der Waals surface area (Å²) in [7, 11) is 0. The van der Waals surface area contributed by atoms with E-state index in [2.05, 4.69) is 33.4 Å². The highest BCUT2D eigenvalue weighted by molar-refractivity contribution is 9.10. The van der Waals surface area contributed by atoms with Gasteiger partial charge >= 0.3 is 0 Å². The molecular weight excluding hydrogens is 402 g/mol. The molecule has 0 aliphatic heterocycles. The largest absolute Gasteiger partial charge is 0.325 e. The van der Waals surface area contributed by atoms with Gasteiger partial charge in [0, 0.05) is 16.6 Å². The summed E-state index contributed by atoms with van der Waals surface area (Å²) in [6.07, 6.45) is 0.682. The normalized spacial score (nSPS) is 10.9. The van der Waals surface area contributed by atoms with Gasteiger partial charge < -0.3 is 9.88 Å². The van der Waals surface area contributed by atoms with E-state index < -0.39 is 0 Å². The van der Waals surface area contributed by atoms with E-state index in [4.69, 9.17) is 4.98 Å². The van der Waals surface area contributed by atoms with Crippen LogP contribution in [0.5, 0.6) is 0 Å². The molecule has 0 bridgehead atoms. The van der Waals surface area contributed by atoms with Crippen LogP contribution in [0.15, 0.2) is 83.3 Å². The lowest BCUT2D eigenvalue weighted by Gasteiger charge is -2.10. The fourth-order valence-electron chi connectivity index (χ4n) is 3.09. The maximum absolute atomic E-state index is 12.6. The highest BCUT2D eigenvalue weighted by Crippen LogP contribution is 2.19. The molecule has 0 fully saturated rings. The van der Waals surface area contributed by atoms with E-state index in [1.54, 1.807) is 0 Å². The van der Waals surface area contributed by atoms with Crippen LogP contribution in [-0.2, 0) is 17.8 Å². The smallest absolute Gasteiger partial charge is 0.244 e. The Morgan fingerprint density at radius 3 is 2.41 bits per heavy atom. The topological polar surface area (TPSA) is 46.9 Å². The number of carbonyl (C=O) groups excluding carboxylic acids is 1. The number of nitrogens with zero attached hydrogens (tertiary/aromatic N) is 2. The fraction of sp³-hybridized carbons (Fsp3) is 0.0909. The Morgan fingerprint density at radius 2 is 1.63 bits per heavy atom. The Labute approximate surface area is 166 Å². The zero-order chi connectivity index (χ0) is 18.6. The van der Waals surface area contributed by atoms with E-state index in [9.17, 15) is 4.79 Å². The molecule has 1 aromatic heterocycles. The molecule has 1 amide bonds. The molecule has 1 N–H and O–H groups in total. The van der Waals surface area contributed by atoms with Crippen molar-refractivity contribution in [2.45, 2.75) is 13.0 Å². The van der Waals surface area contributed by atoms with Gasteiger partial charge in [-0.25, -0.2) is 4.98 Å². The second kappa shape index (κ2) is 7.76. The molecule has 0 unspecified atom stereocenters. The lowest BCUT2D eigenvalue weighted by molar-refractivity contribution is -0.116. The predicted octanol–water partition coefficient (Wildman–Crippen LogP) is 5.03. The maximum Gasteiger partial charge on any atom is 0.244 e. The third-order valence-corrected chi connectivity index (χ3v) is 4.90. The molecular formula is C22H18BrN3O. The van der Waals surface area contributed by atoms with Gasteiger partial charge in [-0.2, -0.15) is 0 Å². The molecule has 5 heteroatoms. The monoisotopic (exact) mass is 419 g/mol. The second-order valence-electron chi connectivity index (χ2n) is 6.32. The number of anilines is 1. The number of imidazole rings is 1. The van der Waals surface area contributed by atoms with E-state index in [-0.39, 0.29) is 12.5 Å². The number of aromatic nitrogens is 2. The molecule has 0 radical (unpaired) electrons. The van der Waals surface area contributed by atoms with Crippen LogP contribution in [0.4, 0.5) is 5.69 Å². The Morgan fingerprint density at radius 1 is 0.926 bits per heavy atom. The van der Waals surface area contributed by atoms with E-state index in [0.29, 0.717) is 6.42 Å². The van der Waals surface area contributed by atoms with Crippen LogP contribution in [0, 0.1) is 0 Å². The summed E-state index contributed by atoms with van der Waals surface area (Å²) in [5, 5.41) is 2.95. The number of hydrogen-bond donors (Lipinski definition) is 1. The first-order valence-corrected chi connectivity index (χ1v) is 9.52. The molecule has 3 aromatic carbocycles. The average molecular weight is 420 g/mol. The van der Waals surface area contributed by atoms with Crippen molar-refractivity contribution >= 4 is 38.6 Å². The molecule has 0 spiro atoms. The Hall–Kier alpha value is -2.92. The summed E-state index contributed by atoms with van der Waals surface area (Å²) in [6, 6.07) is 25.7. The number of halogens is 1. The van der Waals surface area contributed by atoms with Gasteiger partial charge in [0.1, 0.15) is 12.4 Å². The minimum Gasteiger partial charge on any atom is -0.325 e. The van der Waals surface area contributed by atoms with Crippen LogP contribution in [0.25, 0.3) is 11.0 Å². The first-order chi connectivity index (χ1) is 13.2. The summed E-state index contributed by atoms with van der Waals surface area (Å²) in [6.45, 7) is 0.221. The zero-order valence-corrected chi connectivity index (χ0v) is 16.2. The van der Waals surface area contributed by atoms with Crippen molar-refractivity contribution in [1.29, 1.82) is 0 Å². The number of amides is 1. The van der Waals surface area contributed by atoms with Gasteiger partial charge in [0.25, 0.3) is 0 Å². The van der Waals surface area contributed by atoms with E-state index in [0.717, 1.165) is 27.0 Å². The zero-order valence-electron chi connectivity index (χ0n) is 14.6. The Kier molecular flexibility index (Phi) is 5.03. The average Bonchev–Trinajstić information content (AvgIpc) is 3.01. The third-order valence-electron chi connectivity index (χ3n) is 4.37. The van der Waals surface area contributed by atoms with Crippen molar-refractivity contribution in [2.75, 3.05) is 5.32 Å². The van der Waals surface area contributed by atoms with Crippen molar-refractivity contribution in [2.24, 2.45) is 0 Å². The predicted molar refractivity (Wildman–Crippen MR) is 112 cm³/mol. The first-order valence-electron chi connectivity index (χ1n) is 8.72. The summed E-state index contributed by atoms with van der Waals surface area (Å²) in [5.74, 6) is 0.808. The molecule has 0 aliphatic rings.